The molecule has 1 N–H and O–H groups in total. The Balaban J connectivity index is 2.41. The van der Waals surface area contributed by atoms with Gasteiger partial charge in [0.1, 0.15) is 10.4 Å². The van der Waals surface area contributed by atoms with Crippen molar-refractivity contribution in [2.45, 2.75) is 26.2 Å². The van der Waals surface area contributed by atoms with Crippen LogP contribution < -0.4 is 0 Å². The van der Waals surface area contributed by atoms with Crippen LogP contribution in [0, 0.1) is 0 Å². The first-order valence-corrected chi connectivity index (χ1v) is 7.26. The van der Waals surface area contributed by atoms with Gasteiger partial charge in [0.2, 0.25) is 0 Å². The third-order valence-electron chi connectivity index (χ3n) is 3.33. The Hall–Kier alpha value is -1.13. The van der Waals surface area contributed by atoms with Gasteiger partial charge in [0, 0.05) is 19.0 Å². The summed E-state index contributed by atoms with van der Waals surface area (Å²) < 4.78 is 2.86. The molecular formula is C15H19BrN2O. The summed E-state index contributed by atoms with van der Waals surface area (Å²) in [7, 11) is 1.98. The molecule has 102 valence electrons. The molecule has 19 heavy (non-hydrogen) atoms. The number of imidazole rings is 1. The van der Waals surface area contributed by atoms with E-state index >= 15 is 0 Å². The van der Waals surface area contributed by atoms with Crippen LogP contribution in [0.2, 0.25) is 0 Å². The Bertz CT molecular complexity index is 558. The minimum atomic E-state index is 0.114. The van der Waals surface area contributed by atoms with Gasteiger partial charge in [-0.2, -0.15) is 0 Å². The average Bonchev–Trinajstić information content (AvgIpc) is 2.65. The zero-order valence-corrected chi connectivity index (χ0v) is 13.1. The maximum absolute atomic E-state index is 9.04. The summed E-state index contributed by atoms with van der Waals surface area (Å²) in [6.07, 6.45) is 0.569. The standard InChI is InChI=1S/C15H19BrN2O/c1-10(2)11-4-6-12(7-5-11)14-15(16)17-13(8-9-19)18(14)3/h4-7,10,19H,8-9H2,1-3H3. The van der Waals surface area contributed by atoms with Crippen molar-refractivity contribution >= 4 is 15.9 Å². The number of halogens is 1. The highest BCUT2D eigenvalue weighted by Gasteiger charge is 2.14. The first-order chi connectivity index (χ1) is 9.04. The molecule has 1 heterocycles. The number of hydrogen-bond acceptors (Lipinski definition) is 2. The molecule has 0 aliphatic heterocycles. The highest BCUT2D eigenvalue weighted by Crippen LogP contribution is 2.29. The largest absolute Gasteiger partial charge is 0.396 e. The molecule has 3 nitrogen and oxygen atoms in total. The summed E-state index contributed by atoms with van der Waals surface area (Å²) in [5, 5.41) is 9.04. The molecule has 0 saturated carbocycles. The Kier molecular flexibility index (Phi) is 4.42. The molecule has 0 radical (unpaired) electrons. The van der Waals surface area contributed by atoms with Crippen molar-refractivity contribution in [2.24, 2.45) is 7.05 Å². The fourth-order valence-corrected chi connectivity index (χ4v) is 2.87. The van der Waals surface area contributed by atoms with Crippen LogP contribution in [-0.4, -0.2) is 21.3 Å². The number of nitrogens with zero attached hydrogens (tertiary/aromatic N) is 2. The van der Waals surface area contributed by atoms with Gasteiger partial charge in [-0.3, -0.25) is 0 Å². The number of benzene rings is 1. The summed E-state index contributed by atoms with van der Waals surface area (Å²) in [5.74, 6) is 1.42. The van der Waals surface area contributed by atoms with Gasteiger partial charge in [-0.25, -0.2) is 4.98 Å². The Morgan fingerprint density at radius 3 is 2.42 bits per heavy atom. The van der Waals surface area contributed by atoms with Crippen molar-refractivity contribution < 1.29 is 5.11 Å². The van der Waals surface area contributed by atoms with E-state index in [9.17, 15) is 0 Å². The van der Waals surface area contributed by atoms with E-state index in [0.29, 0.717) is 12.3 Å². The molecule has 0 amide bonds. The van der Waals surface area contributed by atoms with E-state index in [4.69, 9.17) is 5.11 Å². The smallest absolute Gasteiger partial charge is 0.132 e. The third-order valence-corrected chi connectivity index (χ3v) is 3.88. The molecule has 1 aromatic heterocycles. The monoisotopic (exact) mass is 322 g/mol. The van der Waals surface area contributed by atoms with Crippen LogP contribution in [0.15, 0.2) is 28.9 Å². The molecule has 2 aromatic rings. The SMILES string of the molecule is CC(C)c1ccc(-c2c(Br)nc(CCO)n2C)cc1. The van der Waals surface area contributed by atoms with Gasteiger partial charge in [0.15, 0.2) is 0 Å². The predicted octanol–water partition coefficient (Wildman–Crippen LogP) is 3.51. The Labute approximate surface area is 122 Å². The summed E-state index contributed by atoms with van der Waals surface area (Å²) in [5.41, 5.74) is 3.52. The Morgan fingerprint density at radius 2 is 1.89 bits per heavy atom. The van der Waals surface area contributed by atoms with Crippen LogP contribution in [-0.2, 0) is 13.5 Å². The van der Waals surface area contributed by atoms with Crippen molar-refractivity contribution in [2.75, 3.05) is 6.61 Å². The molecule has 2 rings (SSSR count). The lowest BCUT2D eigenvalue weighted by atomic mass is 10.0. The predicted molar refractivity (Wildman–Crippen MR) is 81.2 cm³/mol. The van der Waals surface area contributed by atoms with E-state index in [1.54, 1.807) is 0 Å². The fraction of sp³-hybridized carbons (Fsp3) is 0.400. The number of hydrogen-bond donors (Lipinski definition) is 1. The minimum Gasteiger partial charge on any atom is -0.396 e. The summed E-state index contributed by atoms with van der Waals surface area (Å²) >= 11 is 3.51. The second kappa shape index (κ2) is 5.88. The molecule has 0 aliphatic carbocycles. The number of rotatable bonds is 4. The quantitative estimate of drug-likeness (QED) is 0.935. The van der Waals surface area contributed by atoms with Crippen molar-refractivity contribution in [1.82, 2.24) is 9.55 Å². The lowest BCUT2D eigenvalue weighted by Crippen LogP contribution is -2.02. The molecule has 0 spiro atoms. The molecule has 0 bridgehead atoms. The molecule has 0 atom stereocenters. The highest BCUT2D eigenvalue weighted by molar-refractivity contribution is 9.10. The van der Waals surface area contributed by atoms with Gasteiger partial charge in [0.25, 0.3) is 0 Å². The van der Waals surface area contributed by atoms with Gasteiger partial charge in [-0.15, -0.1) is 0 Å². The van der Waals surface area contributed by atoms with Crippen LogP contribution in [0.3, 0.4) is 0 Å². The van der Waals surface area contributed by atoms with Crippen LogP contribution in [0.1, 0.15) is 31.2 Å². The molecule has 0 aliphatic rings. The van der Waals surface area contributed by atoms with Gasteiger partial charge < -0.3 is 9.67 Å². The van der Waals surface area contributed by atoms with E-state index < -0.39 is 0 Å². The third kappa shape index (κ3) is 2.90. The van der Waals surface area contributed by atoms with Gasteiger partial charge >= 0.3 is 0 Å². The highest BCUT2D eigenvalue weighted by atomic mass is 79.9. The fourth-order valence-electron chi connectivity index (χ4n) is 2.17. The van der Waals surface area contributed by atoms with E-state index in [1.165, 1.54) is 5.56 Å². The second-order valence-electron chi connectivity index (χ2n) is 4.98. The zero-order chi connectivity index (χ0) is 14.0. The first-order valence-electron chi connectivity index (χ1n) is 6.47. The number of aliphatic hydroxyl groups is 1. The van der Waals surface area contributed by atoms with E-state index in [-0.39, 0.29) is 6.61 Å². The average molecular weight is 323 g/mol. The lowest BCUT2D eigenvalue weighted by molar-refractivity contribution is 0.295. The molecule has 0 fully saturated rings. The van der Waals surface area contributed by atoms with Crippen LogP contribution in [0.25, 0.3) is 11.3 Å². The molecular weight excluding hydrogens is 304 g/mol. The second-order valence-corrected chi connectivity index (χ2v) is 5.73. The van der Waals surface area contributed by atoms with E-state index in [0.717, 1.165) is 21.7 Å². The van der Waals surface area contributed by atoms with Crippen LogP contribution >= 0.6 is 15.9 Å². The maximum Gasteiger partial charge on any atom is 0.132 e. The number of aliphatic hydroxyl groups excluding tert-OH is 1. The van der Waals surface area contributed by atoms with Gasteiger partial charge in [-0.1, -0.05) is 38.1 Å². The number of aromatic nitrogens is 2. The van der Waals surface area contributed by atoms with Crippen molar-refractivity contribution in [3.8, 4) is 11.3 Å². The van der Waals surface area contributed by atoms with E-state index in [2.05, 4.69) is 59.0 Å². The Morgan fingerprint density at radius 1 is 1.26 bits per heavy atom. The zero-order valence-electron chi connectivity index (χ0n) is 11.5. The minimum absolute atomic E-state index is 0.114. The summed E-state index contributed by atoms with van der Waals surface area (Å²) in [6.45, 7) is 4.49. The van der Waals surface area contributed by atoms with Crippen LogP contribution in [0.5, 0.6) is 0 Å². The van der Waals surface area contributed by atoms with Gasteiger partial charge in [-0.05, 0) is 27.4 Å². The normalized spacial score (nSPS) is 11.3. The first kappa shape index (κ1) is 14.3. The van der Waals surface area contributed by atoms with Crippen LogP contribution in [0.4, 0.5) is 0 Å². The molecule has 1 aromatic carbocycles. The molecule has 0 unspecified atom stereocenters. The topological polar surface area (TPSA) is 38.1 Å². The van der Waals surface area contributed by atoms with Crippen molar-refractivity contribution in [3.63, 3.8) is 0 Å². The van der Waals surface area contributed by atoms with Gasteiger partial charge in [0.05, 0.1) is 12.3 Å². The summed E-state index contributed by atoms with van der Waals surface area (Å²) in [4.78, 5) is 4.45. The van der Waals surface area contributed by atoms with E-state index in [1.807, 2.05) is 11.6 Å². The molecule has 0 saturated heterocycles. The molecule has 4 heteroatoms. The van der Waals surface area contributed by atoms with Crippen molar-refractivity contribution in [3.05, 3.63) is 40.3 Å². The summed E-state index contributed by atoms with van der Waals surface area (Å²) in [6, 6.07) is 8.57. The maximum atomic E-state index is 9.04. The van der Waals surface area contributed by atoms with Crippen molar-refractivity contribution in [1.29, 1.82) is 0 Å². The lowest BCUT2D eigenvalue weighted by Gasteiger charge is -2.09.